The Labute approximate surface area is 153 Å². The lowest BCUT2D eigenvalue weighted by molar-refractivity contribution is 0.0907. The van der Waals surface area contributed by atoms with Crippen LogP contribution < -0.4 is 4.90 Å². The molecule has 132 valence electrons. The van der Waals surface area contributed by atoms with Crippen LogP contribution in [0.4, 0.5) is 5.82 Å². The fourth-order valence-corrected chi connectivity index (χ4v) is 3.53. The van der Waals surface area contributed by atoms with Crippen LogP contribution in [0, 0.1) is 5.92 Å². The first-order valence-corrected chi connectivity index (χ1v) is 9.04. The summed E-state index contributed by atoms with van der Waals surface area (Å²) in [6, 6.07) is 13.8. The number of aromatic nitrogens is 3. The Morgan fingerprint density at radius 3 is 2.77 bits per heavy atom. The van der Waals surface area contributed by atoms with Crippen molar-refractivity contribution >= 4 is 11.6 Å². The summed E-state index contributed by atoms with van der Waals surface area (Å²) in [5.41, 5.74) is 1.95. The molecule has 0 N–H and O–H groups in total. The van der Waals surface area contributed by atoms with E-state index in [4.69, 9.17) is 0 Å². The topological polar surface area (TPSA) is 51.0 Å². The number of nitrogens with zero attached hydrogens (tertiary/aromatic N) is 4. The lowest BCUT2D eigenvalue weighted by Crippen LogP contribution is -2.39. The molecule has 0 unspecified atom stereocenters. The van der Waals surface area contributed by atoms with E-state index in [1.54, 1.807) is 12.5 Å². The van der Waals surface area contributed by atoms with Crippen molar-refractivity contribution in [3.63, 3.8) is 0 Å². The molecule has 1 saturated heterocycles. The number of rotatable bonds is 5. The van der Waals surface area contributed by atoms with Crippen molar-refractivity contribution in [2.24, 2.45) is 5.92 Å². The summed E-state index contributed by atoms with van der Waals surface area (Å²) in [5.74, 6) is 1.23. The maximum Gasteiger partial charge on any atom is 0.167 e. The Balaban J connectivity index is 1.43. The van der Waals surface area contributed by atoms with Crippen molar-refractivity contribution in [2.45, 2.75) is 19.4 Å². The molecule has 26 heavy (non-hydrogen) atoms. The van der Waals surface area contributed by atoms with Crippen LogP contribution in [0.3, 0.4) is 0 Å². The van der Waals surface area contributed by atoms with Crippen LogP contribution in [-0.2, 0) is 6.54 Å². The predicted molar refractivity (Wildman–Crippen MR) is 101 cm³/mol. The van der Waals surface area contributed by atoms with Crippen LogP contribution in [0.25, 0.3) is 0 Å². The molecule has 1 aliphatic heterocycles. The number of hydrogen-bond acceptors (Lipinski definition) is 4. The van der Waals surface area contributed by atoms with Crippen LogP contribution in [0.1, 0.15) is 28.8 Å². The molecule has 1 fully saturated rings. The molecule has 2 aromatic heterocycles. The zero-order valence-electron chi connectivity index (χ0n) is 14.7. The first-order chi connectivity index (χ1) is 12.8. The molecule has 1 aromatic carbocycles. The molecule has 0 saturated carbocycles. The molecular weight excluding hydrogens is 324 g/mol. The summed E-state index contributed by atoms with van der Waals surface area (Å²) in [5, 5.41) is 0. The number of carbonyl (C=O) groups excluding carboxylic acids is 1. The van der Waals surface area contributed by atoms with E-state index in [0.717, 1.165) is 49.4 Å². The van der Waals surface area contributed by atoms with Crippen molar-refractivity contribution in [1.82, 2.24) is 14.5 Å². The third-order valence-corrected chi connectivity index (χ3v) is 4.91. The van der Waals surface area contributed by atoms with Gasteiger partial charge in [-0.15, -0.1) is 0 Å². The number of anilines is 1. The first-order valence-electron chi connectivity index (χ1n) is 9.04. The van der Waals surface area contributed by atoms with E-state index in [1.165, 1.54) is 0 Å². The monoisotopic (exact) mass is 346 g/mol. The highest BCUT2D eigenvalue weighted by molar-refractivity contribution is 5.98. The molecule has 5 nitrogen and oxygen atoms in total. The highest BCUT2D eigenvalue weighted by atomic mass is 16.1. The normalized spacial score (nSPS) is 17.2. The summed E-state index contributed by atoms with van der Waals surface area (Å²) in [7, 11) is 0. The number of Topliss-reactive ketones (excluding diaryl/α,β-unsaturated/α-hetero) is 1. The van der Waals surface area contributed by atoms with Gasteiger partial charge in [-0.25, -0.2) is 9.97 Å². The van der Waals surface area contributed by atoms with Crippen LogP contribution in [0.15, 0.2) is 67.4 Å². The second-order valence-corrected chi connectivity index (χ2v) is 6.78. The van der Waals surface area contributed by atoms with Crippen LogP contribution in [0.2, 0.25) is 0 Å². The quantitative estimate of drug-likeness (QED) is 0.664. The van der Waals surface area contributed by atoms with Gasteiger partial charge >= 0.3 is 0 Å². The number of hydrogen-bond donors (Lipinski definition) is 0. The van der Waals surface area contributed by atoms with Crippen LogP contribution >= 0.6 is 0 Å². The Kier molecular flexibility index (Phi) is 4.78. The van der Waals surface area contributed by atoms with Crippen molar-refractivity contribution in [2.75, 3.05) is 18.0 Å². The molecule has 1 aliphatic rings. The molecular formula is C21H22N4O. The number of pyridine rings is 1. The standard InChI is InChI=1S/C21H22N4O/c26-21(18-5-2-1-3-6-18)19-7-4-11-25(15-19)20-9-8-17(13-23-20)14-24-12-10-22-16-24/h1-3,5-6,8-10,12-13,16,19H,4,7,11,14-15H2/t19-/m0/s1. The largest absolute Gasteiger partial charge is 0.356 e. The maximum absolute atomic E-state index is 12.8. The zero-order chi connectivity index (χ0) is 17.8. The number of carbonyl (C=O) groups is 1. The SMILES string of the molecule is O=C(c1ccccc1)[C@H]1CCCN(c2ccc(Cn3ccnc3)cn2)C1. The predicted octanol–water partition coefficient (Wildman–Crippen LogP) is 3.43. The van der Waals surface area contributed by atoms with Gasteiger partial charge in [0.15, 0.2) is 5.78 Å². The minimum absolute atomic E-state index is 0.0403. The highest BCUT2D eigenvalue weighted by Gasteiger charge is 2.27. The van der Waals surface area contributed by atoms with E-state index in [2.05, 4.69) is 27.0 Å². The lowest BCUT2D eigenvalue weighted by Gasteiger charge is -2.33. The number of ketones is 1. The molecule has 0 aliphatic carbocycles. The molecule has 0 radical (unpaired) electrons. The first kappa shape index (κ1) is 16.5. The van der Waals surface area contributed by atoms with Gasteiger partial charge in [0.2, 0.25) is 0 Å². The summed E-state index contributed by atoms with van der Waals surface area (Å²) in [6.45, 7) is 2.45. The molecule has 0 amide bonds. The smallest absolute Gasteiger partial charge is 0.167 e. The summed E-state index contributed by atoms with van der Waals surface area (Å²) >= 11 is 0. The third-order valence-electron chi connectivity index (χ3n) is 4.91. The average molecular weight is 346 g/mol. The van der Waals surface area contributed by atoms with Crippen molar-refractivity contribution < 1.29 is 4.79 Å². The van der Waals surface area contributed by atoms with Crippen LogP contribution in [0.5, 0.6) is 0 Å². The van der Waals surface area contributed by atoms with Crippen molar-refractivity contribution in [1.29, 1.82) is 0 Å². The number of piperidine rings is 1. The summed E-state index contributed by atoms with van der Waals surface area (Å²) < 4.78 is 2.02. The molecule has 5 heteroatoms. The lowest BCUT2D eigenvalue weighted by atomic mass is 9.90. The number of imidazole rings is 1. The molecule has 0 bridgehead atoms. The summed E-state index contributed by atoms with van der Waals surface area (Å²) in [4.78, 5) is 23.7. The Morgan fingerprint density at radius 1 is 1.15 bits per heavy atom. The minimum atomic E-state index is 0.0403. The maximum atomic E-state index is 12.8. The van der Waals surface area contributed by atoms with Gasteiger partial charge in [-0.2, -0.15) is 0 Å². The van der Waals surface area contributed by atoms with Gasteiger partial charge in [0, 0.05) is 49.7 Å². The van der Waals surface area contributed by atoms with Gasteiger partial charge in [0.1, 0.15) is 5.82 Å². The number of benzene rings is 1. The average Bonchev–Trinajstić information content (AvgIpc) is 3.22. The highest BCUT2D eigenvalue weighted by Crippen LogP contribution is 2.24. The second kappa shape index (κ2) is 7.52. The molecule has 3 aromatic rings. The second-order valence-electron chi connectivity index (χ2n) is 6.78. The fourth-order valence-electron chi connectivity index (χ4n) is 3.53. The fraction of sp³-hybridized carbons (Fsp3) is 0.286. The van der Waals surface area contributed by atoms with Gasteiger partial charge in [-0.05, 0) is 24.5 Å². The van der Waals surface area contributed by atoms with Gasteiger partial charge in [-0.3, -0.25) is 4.79 Å². The van der Waals surface area contributed by atoms with E-state index < -0.39 is 0 Å². The Hall–Kier alpha value is -2.95. The van der Waals surface area contributed by atoms with E-state index in [1.807, 2.05) is 47.3 Å². The van der Waals surface area contributed by atoms with E-state index in [0.29, 0.717) is 0 Å². The molecule has 4 rings (SSSR count). The molecule has 1 atom stereocenters. The van der Waals surface area contributed by atoms with Gasteiger partial charge in [0.05, 0.1) is 6.33 Å². The molecule has 0 spiro atoms. The van der Waals surface area contributed by atoms with E-state index in [-0.39, 0.29) is 11.7 Å². The van der Waals surface area contributed by atoms with Gasteiger partial charge < -0.3 is 9.47 Å². The van der Waals surface area contributed by atoms with Crippen molar-refractivity contribution in [3.8, 4) is 0 Å². The zero-order valence-corrected chi connectivity index (χ0v) is 14.7. The van der Waals surface area contributed by atoms with E-state index >= 15 is 0 Å². The minimum Gasteiger partial charge on any atom is -0.356 e. The Morgan fingerprint density at radius 2 is 2.04 bits per heavy atom. The summed E-state index contributed by atoms with van der Waals surface area (Å²) in [6.07, 6.45) is 9.40. The molecule has 3 heterocycles. The van der Waals surface area contributed by atoms with E-state index in [9.17, 15) is 4.79 Å². The van der Waals surface area contributed by atoms with Gasteiger partial charge in [0.25, 0.3) is 0 Å². The van der Waals surface area contributed by atoms with Crippen molar-refractivity contribution in [3.05, 3.63) is 78.5 Å². The third kappa shape index (κ3) is 3.67. The van der Waals surface area contributed by atoms with Gasteiger partial charge in [-0.1, -0.05) is 36.4 Å². The Bertz CT molecular complexity index is 843. The van der Waals surface area contributed by atoms with Crippen LogP contribution in [-0.4, -0.2) is 33.4 Å².